The maximum absolute atomic E-state index is 12.4. The van der Waals surface area contributed by atoms with Crippen molar-refractivity contribution < 1.29 is 4.79 Å². The lowest BCUT2D eigenvalue weighted by atomic mass is 10.0. The molecule has 0 bridgehead atoms. The average molecular weight is 301 g/mol. The maximum atomic E-state index is 12.4. The molecule has 4 rings (SSSR count). The van der Waals surface area contributed by atoms with E-state index in [0.29, 0.717) is 46.4 Å². The Hall–Kier alpha value is -3.26. The Morgan fingerprint density at radius 1 is 1.35 bits per heavy atom. The molecule has 3 aromatic rings. The van der Waals surface area contributed by atoms with Gasteiger partial charge in [-0.15, -0.1) is 0 Å². The number of carbonyl (C=O) groups is 1. The molecule has 0 N–H and O–H groups in total. The first-order valence-electron chi connectivity index (χ1n) is 7.17. The normalized spacial score (nSPS) is 11.8. The Morgan fingerprint density at radius 3 is 2.91 bits per heavy atom. The molecule has 1 aromatic carbocycles. The summed E-state index contributed by atoms with van der Waals surface area (Å²) in [5, 5.41) is 10.0. The zero-order valence-electron chi connectivity index (χ0n) is 12.3. The first kappa shape index (κ1) is 13.4. The second kappa shape index (κ2) is 4.62. The Balaban J connectivity index is 2.07. The molecule has 1 aliphatic heterocycles. The average Bonchev–Trinajstić information content (AvgIpc) is 2.93. The number of benzene rings is 1. The molecule has 5 nitrogen and oxygen atoms in total. The van der Waals surface area contributed by atoms with Crippen LogP contribution in [-0.4, -0.2) is 15.8 Å². The van der Waals surface area contributed by atoms with Crippen LogP contribution in [-0.2, 0) is 6.54 Å². The third-order valence-corrected chi connectivity index (χ3v) is 4.34. The van der Waals surface area contributed by atoms with Crippen molar-refractivity contribution in [3.05, 3.63) is 62.9 Å². The topological polar surface area (TPSA) is 75.8 Å². The van der Waals surface area contributed by atoms with Crippen molar-refractivity contribution in [1.82, 2.24) is 9.55 Å². The van der Waals surface area contributed by atoms with E-state index < -0.39 is 0 Å². The van der Waals surface area contributed by atoms with Gasteiger partial charge in [0.15, 0.2) is 6.29 Å². The third kappa shape index (κ3) is 1.75. The first-order valence-corrected chi connectivity index (χ1v) is 7.17. The largest absolute Gasteiger partial charge is 0.302 e. The minimum atomic E-state index is -0.174. The molecule has 0 spiro atoms. The van der Waals surface area contributed by atoms with Gasteiger partial charge in [0.2, 0.25) is 0 Å². The zero-order chi connectivity index (χ0) is 16.1. The Kier molecular flexibility index (Phi) is 2.69. The van der Waals surface area contributed by atoms with E-state index in [2.05, 4.69) is 11.1 Å². The summed E-state index contributed by atoms with van der Waals surface area (Å²) in [6, 6.07) is 11.2. The van der Waals surface area contributed by atoms with Crippen LogP contribution in [0.25, 0.3) is 22.3 Å². The maximum Gasteiger partial charge on any atom is 0.255 e. The van der Waals surface area contributed by atoms with Crippen molar-refractivity contribution in [3.8, 4) is 17.5 Å². The van der Waals surface area contributed by atoms with Crippen molar-refractivity contribution >= 4 is 17.2 Å². The number of carbonyl (C=O) groups excluding carboxylic acids is 1. The molecular formula is C18H11N3O2. The number of fused-ring (bicyclic) bond motifs is 4. The molecule has 2 aromatic heterocycles. The van der Waals surface area contributed by atoms with Crippen molar-refractivity contribution in [1.29, 1.82) is 5.26 Å². The fourth-order valence-corrected chi connectivity index (χ4v) is 3.09. The van der Waals surface area contributed by atoms with Gasteiger partial charge in [-0.1, -0.05) is 6.07 Å². The molecule has 0 saturated carbocycles. The fraction of sp³-hybridized carbons (Fsp3) is 0.111. The number of nitriles is 1. The SMILES string of the molecule is Cc1c(C=O)cc2n(c1=O)Cc1cc3c(C#N)cccc3nc1-2. The molecule has 5 heteroatoms. The zero-order valence-corrected chi connectivity index (χ0v) is 12.3. The summed E-state index contributed by atoms with van der Waals surface area (Å²) in [7, 11) is 0. The van der Waals surface area contributed by atoms with Crippen molar-refractivity contribution in [2.45, 2.75) is 13.5 Å². The highest BCUT2D eigenvalue weighted by Gasteiger charge is 2.24. The highest BCUT2D eigenvalue weighted by Crippen LogP contribution is 2.32. The molecule has 0 amide bonds. The molecule has 0 aliphatic carbocycles. The van der Waals surface area contributed by atoms with Gasteiger partial charge in [0.25, 0.3) is 5.56 Å². The molecule has 0 unspecified atom stereocenters. The lowest BCUT2D eigenvalue weighted by Crippen LogP contribution is -2.22. The number of pyridine rings is 2. The highest BCUT2D eigenvalue weighted by molar-refractivity contribution is 5.89. The monoisotopic (exact) mass is 301 g/mol. The summed E-state index contributed by atoms with van der Waals surface area (Å²) in [4.78, 5) is 28.3. The molecule has 1 aliphatic rings. The number of hydrogen-bond acceptors (Lipinski definition) is 4. The van der Waals surface area contributed by atoms with Crippen LogP contribution in [0, 0.1) is 18.3 Å². The summed E-state index contributed by atoms with van der Waals surface area (Å²) >= 11 is 0. The van der Waals surface area contributed by atoms with Gasteiger partial charge >= 0.3 is 0 Å². The van der Waals surface area contributed by atoms with Gasteiger partial charge in [-0.2, -0.15) is 5.26 Å². The summed E-state index contributed by atoms with van der Waals surface area (Å²) in [6.07, 6.45) is 0.699. The van der Waals surface area contributed by atoms with Gasteiger partial charge < -0.3 is 4.57 Å². The van der Waals surface area contributed by atoms with E-state index in [0.717, 1.165) is 10.9 Å². The smallest absolute Gasteiger partial charge is 0.255 e. The lowest BCUT2D eigenvalue weighted by molar-refractivity contribution is 0.112. The van der Waals surface area contributed by atoms with Crippen LogP contribution in [0.5, 0.6) is 0 Å². The van der Waals surface area contributed by atoms with Crippen LogP contribution in [0.1, 0.15) is 27.0 Å². The van der Waals surface area contributed by atoms with Gasteiger partial charge in [0.05, 0.1) is 35.1 Å². The van der Waals surface area contributed by atoms with Crippen LogP contribution >= 0.6 is 0 Å². The predicted octanol–water partition coefficient (Wildman–Crippen LogP) is 2.42. The van der Waals surface area contributed by atoms with Gasteiger partial charge in [-0.05, 0) is 31.2 Å². The third-order valence-electron chi connectivity index (χ3n) is 4.34. The van der Waals surface area contributed by atoms with Gasteiger partial charge in [-0.3, -0.25) is 9.59 Å². The van der Waals surface area contributed by atoms with E-state index in [1.54, 1.807) is 29.7 Å². The van der Waals surface area contributed by atoms with E-state index in [1.807, 2.05) is 12.1 Å². The highest BCUT2D eigenvalue weighted by atomic mass is 16.1. The summed E-state index contributed by atoms with van der Waals surface area (Å²) < 4.78 is 1.63. The first-order chi connectivity index (χ1) is 11.1. The van der Waals surface area contributed by atoms with Crippen LogP contribution in [0.4, 0.5) is 0 Å². The molecule has 0 radical (unpaired) electrons. The number of aromatic nitrogens is 2. The van der Waals surface area contributed by atoms with Crippen molar-refractivity contribution in [2.24, 2.45) is 0 Å². The van der Waals surface area contributed by atoms with Crippen molar-refractivity contribution in [2.75, 3.05) is 0 Å². The minimum Gasteiger partial charge on any atom is -0.302 e. The molecule has 0 saturated heterocycles. The Bertz CT molecular complexity index is 1100. The number of nitrogens with zero attached hydrogens (tertiary/aromatic N) is 3. The predicted molar refractivity (Wildman–Crippen MR) is 85.4 cm³/mol. The molecule has 23 heavy (non-hydrogen) atoms. The van der Waals surface area contributed by atoms with E-state index in [1.165, 1.54) is 0 Å². The Morgan fingerprint density at radius 2 is 2.17 bits per heavy atom. The van der Waals surface area contributed by atoms with E-state index >= 15 is 0 Å². The van der Waals surface area contributed by atoms with E-state index in [-0.39, 0.29) is 5.56 Å². The van der Waals surface area contributed by atoms with Crippen LogP contribution in [0.3, 0.4) is 0 Å². The van der Waals surface area contributed by atoms with Crippen LogP contribution in [0.15, 0.2) is 35.1 Å². The second-order valence-corrected chi connectivity index (χ2v) is 5.60. The van der Waals surface area contributed by atoms with Crippen LogP contribution in [0.2, 0.25) is 0 Å². The van der Waals surface area contributed by atoms with E-state index in [4.69, 9.17) is 0 Å². The van der Waals surface area contributed by atoms with Crippen molar-refractivity contribution in [3.63, 3.8) is 0 Å². The second-order valence-electron chi connectivity index (χ2n) is 5.60. The molecule has 3 heterocycles. The number of hydrogen-bond donors (Lipinski definition) is 0. The summed E-state index contributed by atoms with van der Waals surface area (Å²) in [6.45, 7) is 2.06. The standard InChI is InChI=1S/C18H11N3O2/c1-10-13(9-22)6-16-17-12(8-21(16)18(10)23)5-14-11(7-19)3-2-4-15(14)20-17/h2-6,9H,8H2,1H3. The van der Waals surface area contributed by atoms with Gasteiger partial charge in [0, 0.05) is 22.1 Å². The molecule has 0 atom stereocenters. The van der Waals surface area contributed by atoms with Gasteiger partial charge in [0.1, 0.15) is 0 Å². The summed E-state index contributed by atoms with van der Waals surface area (Å²) in [5.41, 5.74) is 4.17. The number of aldehydes is 1. The molecular weight excluding hydrogens is 290 g/mol. The Labute approximate surface area is 131 Å². The van der Waals surface area contributed by atoms with E-state index in [9.17, 15) is 14.9 Å². The minimum absolute atomic E-state index is 0.174. The molecule has 110 valence electrons. The van der Waals surface area contributed by atoms with Gasteiger partial charge in [-0.25, -0.2) is 4.98 Å². The summed E-state index contributed by atoms with van der Waals surface area (Å²) in [5.74, 6) is 0. The number of rotatable bonds is 1. The van der Waals surface area contributed by atoms with Crippen LogP contribution < -0.4 is 5.56 Å². The molecule has 0 fully saturated rings. The lowest BCUT2D eigenvalue weighted by Gasteiger charge is -2.06. The fourth-order valence-electron chi connectivity index (χ4n) is 3.09. The quantitative estimate of drug-likeness (QED) is 0.506.